The van der Waals surface area contributed by atoms with Crippen LogP contribution in [-0.4, -0.2) is 42.9 Å². The number of aryl methyl sites for hydroxylation is 1. The predicted molar refractivity (Wildman–Crippen MR) is 103 cm³/mol. The van der Waals surface area contributed by atoms with Crippen LogP contribution in [0.3, 0.4) is 0 Å². The number of sulfonamides is 1. The fraction of sp³-hybridized carbons (Fsp3) is 0.556. The number of nitrogens with one attached hydrogen (secondary N) is 2. The van der Waals surface area contributed by atoms with Gasteiger partial charge in [-0.3, -0.25) is 9.59 Å². The fourth-order valence-corrected chi connectivity index (χ4v) is 4.87. The number of nitrogens with zero attached hydrogens (tertiary/aromatic N) is 1. The highest BCUT2D eigenvalue weighted by Gasteiger charge is 2.36. The standard InChI is InChI=1S/C18H27N3O4S/c1-4-11-26(24,25)21-10-6-5-7-17(21)18(23)20-15-9-8-13(2)16(12-15)19-14(3)22/h8-9,12,17H,4-7,10-11H2,1-3H3,(H,19,22)(H,20,23). The predicted octanol–water partition coefficient (Wildman–Crippen LogP) is 2.49. The van der Waals surface area contributed by atoms with Gasteiger partial charge in [-0.25, -0.2) is 8.42 Å². The van der Waals surface area contributed by atoms with Gasteiger partial charge in [-0.05, 0) is 43.9 Å². The van der Waals surface area contributed by atoms with Crippen LogP contribution in [0.5, 0.6) is 0 Å². The number of hydrogen-bond acceptors (Lipinski definition) is 4. The maximum atomic E-state index is 12.7. The van der Waals surface area contributed by atoms with Crippen LogP contribution in [0.1, 0.15) is 45.1 Å². The van der Waals surface area contributed by atoms with E-state index in [9.17, 15) is 18.0 Å². The van der Waals surface area contributed by atoms with Crippen LogP contribution >= 0.6 is 0 Å². The van der Waals surface area contributed by atoms with Gasteiger partial charge in [-0.2, -0.15) is 4.31 Å². The van der Waals surface area contributed by atoms with Crippen LogP contribution < -0.4 is 10.6 Å². The van der Waals surface area contributed by atoms with Gasteiger partial charge in [0.25, 0.3) is 0 Å². The summed E-state index contributed by atoms with van der Waals surface area (Å²) in [5, 5.41) is 5.52. The third kappa shape index (κ3) is 5.04. The molecule has 2 N–H and O–H groups in total. The zero-order chi connectivity index (χ0) is 19.3. The third-order valence-electron chi connectivity index (χ3n) is 4.39. The van der Waals surface area contributed by atoms with Gasteiger partial charge in [0.1, 0.15) is 6.04 Å². The molecule has 1 aromatic carbocycles. The molecular formula is C18H27N3O4S. The molecule has 1 atom stereocenters. The SMILES string of the molecule is CCCS(=O)(=O)N1CCCCC1C(=O)Nc1ccc(C)c(NC(C)=O)c1. The Bertz CT molecular complexity index is 777. The summed E-state index contributed by atoms with van der Waals surface area (Å²) in [7, 11) is -3.44. The van der Waals surface area contributed by atoms with Crippen molar-refractivity contribution in [3.05, 3.63) is 23.8 Å². The second-order valence-electron chi connectivity index (χ2n) is 6.64. The Balaban J connectivity index is 2.18. The molecule has 144 valence electrons. The summed E-state index contributed by atoms with van der Waals surface area (Å²) in [6.07, 6.45) is 2.62. The molecule has 1 aromatic rings. The van der Waals surface area contributed by atoms with Gasteiger partial charge in [0.15, 0.2) is 0 Å². The second-order valence-corrected chi connectivity index (χ2v) is 8.68. The summed E-state index contributed by atoms with van der Waals surface area (Å²) < 4.78 is 26.3. The van der Waals surface area contributed by atoms with E-state index in [2.05, 4.69) is 10.6 Å². The Morgan fingerprint density at radius 2 is 1.96 bits per heavy atom. The largest absolute Gasteiger partial charge is 0.326 e. The van der Waals surface area contributed by atoms with E-state index >= 15 is 0 Å². The topological polar surface area (TPSA) is 95.6 Å². The second kappa shape index (κ2) is 8.64. The molecule has 8 heteroatoms. The van der Waals surface area contributed by atoms with Crippen molar-refractivity contribution < 1.29 is 18.0 Å². The van der Waals surface area contributed by atoms with E-state index < -0.39 is 16.1 Å². The molecule has 26 heavy (non-hydrogen) atoms. The van der Waals surface area contributed by atoms with Gasteiger partial charge in [-0.1, -0.05) is 19.4 Å². The minimum absolute atomic E-state index is 0.0496. The molecule has 1 saturated heterocycles. The Kier molecular flexibility index (Phi) is 6.77. The average molecular weight is 381 g/mol. The van der Waals surface area contributed by atoms with Crippen molar-refractivity contribution in [2.45, 2.75) is 52.5 Å². The number of rotatable bonds is 6. The van der Waals surface area contributed by atoms with Crippen molar-refractivity contribution in [1.29, 1.82) is 0 Å². The van der Waals surface area contributed by atoms with Crippen LogP contribution in [-0.2, 0) is 19.6 Å². The quantitative estimate of drug-likeness (QED) is 0.791. The summed E-state index contributed by atoms with van der Waals surface area (Å²) in [5.41, 5.74) is 2.03. The number of hydrogen-bond donors (Lipinski definition) is 2. The highest BCUT2D eigenvalue weighted by atomic mass is 32.2. The third-order valence-corrected chi connectivity index (χ3v) is 6.47. The summed E-state index contributed by atoms with van der Waals surface area (Å²) >= 11 is 0. The van der Waals surface area contributed by atoms with Crippen molar-refractivity contribution >= 4 is 33.2 Å². The van der Waals surface area contributed by atoms with Gasteiger partial charge >= 0.3 is 0 Å². The summed E-state index contributed by atoms with van der Waals surface area (Å²) in [6, 6.07) is 4.54. The number of piperidine rings is 1. The van der Waals surface area contributed by atoms with Gasteiger partial charge in [0, 0.05) is 24.8 Å². The lowest BCUT2D eigenvalue weighted by Crippen LogP contribution is -2.50. The van der Waals surface area contributed by atoms with Crippen LogP contribution in [0, 0.1) is 6.92 Å². The smallest absolute Gasteiger partial charge is 0.242 e. The lowest BCUT2D eigenvalue weighted by Gasteiger charge is -2.33. The number of carbonyl (C=O) groups excluding carboxylic acids is 2. The molecule has 1 aliphatic heterocycles. The Hall–Kier alpha value is -1.93. The first kappa shape index (κ1) is 20.4. The first-order valence-electron chi connectivity index (χ1n) is 8.93. The highest BCUT2D eigenvalue weighted by Crippen LogP contribution is 2.24. The lowest BCUT2D eigenvalue weighted by molar-refractivity contribution is -0.120. The van der Waals surface area contributed by atoms with E-state index in [1.807, 2.05) is 13.8 Å². The van der Waals surface area contributed by atoms with Crippen LogP contribution in [0.2, 0.25) is 0 Å². The maximum Gasteiger partial charge on any atom is 0.242 e. The number of benzene rings is 1. The molecule has 0 radical (unpaired) electrons. The van der Waals surface area contributed by atoms with Crippen molar-refractivity contribution in [3.63, 3.8) is 0 Å². The highest BCUT2D eigenvalue weighted by molar-refractivity contribution is 7.89. The zero-order valence-corrected chi connectivity index (χ0v) is 16.4. The Morgan fingerprint density at radius 3 is 2.62 bits per heavy atom. The lowest BCUT2D eigenvalue weighted by atomic mass is 10.0. The summed E-state index contributed by atoms with van der Waals surface area (Å²) in [5.74, 6) is -0.476. The number of carbonyl (C=O) groups is 2. The summed E-state index contributed by atoms with van der Waals surface area (Å²) in [4.78, 5) is 24.0. The molecule has 7 nitrogen and oxygen atoms in total. The molecule has 0 spiro atoms. The van der Waals surface area contributed by atoms with E-state index in [1.165, 1.54) is 11.2 Å². The van der Waals surface area contributed by atoms with Crippen LogP contribution in [0.15, 0.2) is 18.2 Å². The molecule has 1 aliphatic rings. The molecule has 2 amide bonds. The van der Waals surface area contributed by atoms with E-state index in [0.717, 1.165) is 18.4 Å². The molecule has 0 aromatic heterocycles. The van der Waals surface area contributed by atoms with Crippen molar-refractivity contribution in [3.8, 4) is 0 Å². The van der Waals surface area contributed by atoms with Gasteiger partial charge in [0.2, 0.25) is 21.8 Å². The molecular weight excluding hydrogens is 354 g/mol. The van der Waals surface area contributed by atoms with Gasteiger partial charge < -0.3 is 10.6 Å². The first-order chi connectivity index (χ1) is 12.2. The zero-order valence-electron chi connectivity index (χ0n) is 15.5. The average Bonchev–Trinajstić information content (AvgIpc) is 2.57. The van der Waals surface area contributed by atoms with E-state index in [0.29, 0.717) is 30.8 Å². The first-order valence-corrected chi connectivity index (χ1v) is 10.5. The molecule has 1 unspecified atom stereocenters. The number of anilines is 2. The Morgan fingerprint density at radius 1 is 1.23 bits per heavy atom. The normalized spacial score (nSPS) is 18.3. The minimum Gasteiger partial charge on any atom is -0.326 e. The van der Waals surface area contributed by atoms with Crippen LogP contribution in [0.4, 0.5) is 11.4 Å². The van der Waals surface area contributed by atoms with Gasteiger partial charge in [-0.15, -0.1) is 0 Å². The monoisotopic (exact) mass is 381 g/mol. The fourth-order valence-electron chi connectivity index (χ4n) is 3.12. The maximum absolute atomic E-state index is 12.7. The molecule has 2 rings (SSSR count). The van der Waals surface area contributed by atoms with E-state index in [-0.39, 0.29) is 17.6 Å². The van der Waals surface area contributed by atoms with Crippen molar-refractivity contribution in [2.75, 3.05) is 22.9 Å². The van der Waals surface area contributed by atoms with E-state index in [4.69, 9.17) is 0 Å². The molecule has 1 heterocycles. The minimum atomic E-state index is -3.44. The molecule has 0 bridgehead atoms. The molecule has 0 saturated carbocycles. The Labute approximate surface area is 155 Å². The summed E-state index contributed by atoms with van der Waals surface area (Å²) in [6.45, 7) is 5.47. The van der Waals surface area contributed by atoms with Crippen molar-refractivity contribution in [1.82, 2.24) is 4.31 Å². The number of amides is 2. The van der Waals surface area contributed by atoms with Gasteiger partial charge in [0.05, 0.1) is 5.75 Å². The van der Waals surface area contributed by atoms with Crippen molar-refractivity contribution in [2.24, 2.45) is 0 Å². The molecule has 0 aliphatic carbocycles. The van der Waals surface area contributed by atoms with Crippen LogP contribution in [0.25, 0.3) is 0 Å². The van der Waals surface area contributed by atoms with E-state index in [1.54, 1.807) is 18.2 Å². The molecule has 1 fully saturated rings.